The number of alkyl halides is 2. The zero-order chi connectivity index (χ0) is 14.9. The van der Waals surface area contributed by atoms with Crippen molar-refractivity contribution >= 4 is 34.5 Å². The highest BCUT2D eigenvalue weighted by molar-refractivity contribution is 14.1. The fourth-order valence-electron chi connectivity index (χ4n) is 2.17. The highest BCUT2D eigenvalue weighted by Crippen LogP contribution is 2.28. The Labute approximate surface area is 127 Å². The van der Waals surface area contributed by atoms with Crippen LogP contribution in [0.4, 0.5) is 8.78 Å². The molecule has 0 aliphatic carbocycles. The normalized spacial score (nSPS) is 17.9. The number of amides is 1. The van der Waals surface area contributed by atoms with Gasteiger partial charge in [-0.3, -0.25) is 4.79 Å². The minimum atomic E-state index is -2.87. The standard InChI is InChI=1S/C13H12F2INO3/c14-13(15)5-2-6-17(7-13)11(18)8-3-1-4-9(10(8)16)12(19)20/h1,3-4H,2,5-7H2,(H,19,20). The lowest BCUT2D eigenvalue weighted by atomic mass is 10.0. The maximum Gasteiger partial charge on any atom is 0.336 e. The molecule has 1 aliphatic heterocycles. The molecule has 4 nitrogen and oxygen atoms in total. The summed E-state index contributed by atoms with van der Waals surface area (Å²) in [5.74, 6) is -4.56. The van der Waals surface area contributed by atoms with Gasteiger partial charge in [-0.05, 0) is 41.1 Å². The second-order valence-corrected chi connectivity index (χ2v) is 5.74. The average Bonchev–Trinajstić information content (AvgIpc) is 2.36. The van der Waals surface area contributed by atoms with E-state index in [1.807, 2.05) is 0 Å². The first kappa shape index (κ1) is 15.1. The van der Waals surface area contributed by atoms with Gasteiger partial charge in [0, 0.05) is 16.5 Å². The summed E-state index contributed by atoms with van der Waals surface area (Å²) < 4.78 is 27.0. The number of halogens is 3. The number of benzene rings is 1. The maximum atomic E-state index is 13.3. The molecule has 108 valence electrons. The Morgan fingerprint density at radius 1 is 1.30 bits per heavy atom. The van der Waals surface area contributed by atoms with Gasteiger partial charge in [0.05, 0.1) is 17.7 Å². The number of hydrogen-bond acceptors (Lipinski definition) is 2. The Balaban J connectivity index is 2.30. The van der Waals surface area contributed by atoms with Gasteiger partial charge in [-0.25, -0.2) is 13.6 Å². The number of carbonyl (C=O) groups is 2. The van der Waals surface area contributed by atoms with E-state index in [0.717, 1.165) is 4.90 Å². The van der Waals surface area contributed by atoms with Gasteiger partial charge in [0.1, 0.15) is 0 Å². The zero-order valence-corrected chi connectivity index (χ0v) is 12.6. The van der Waals surface area contributed by atoms with Crippen LogP contribution in [-0.2, 0) is 0 Å². The number of nitrogens with zero attached hydrogens (tertiary/aromatic N) is 1. The van der Waals surface area contributed by atoms with Crippen molar-refractivity contribution in [3.8, 4) is 0 Å². The van der Waals surface area contributed by atoms with Crippen LogP contribution in [-0.4, -0.2) is 40.9 Å². The lowest BCUT2D eigenvalue weighted by molar-refractivity contribution is -0.0560. The van der Waals surface area contributed by atoms with Crippen LogP contribution in [0.3, 0.4) is 0 Å². The van der Waals surface area contributed by atoms with Crippen molar-refractivity contribution in [3.63, 3.8) is 0 Å². The van der Waals surface area contributed by atoms with Crippen molar-refractivity contribution in [3.05, 3.63) is 32.9 Å². The van der Waals surface area contributed by atoms with E-state index >= 15 is 0 Å². The molecule has 1 heterocycles. The van der Waals surface area contributed by atoms with Gasteiger partial charge in [0.15, 0.2) is 0 Å². The summed E-state index contributed by atoms with van der Waals surface area (Å²) in [7, 11) is 0. The monoisotopic (exact) mass is 395 g/mol. The molecule has 0 radical (unpaired) electrons. The highest BCUT2D eigenvalue weighted by atomic mass is 127. The number of carboxylic acid groups (broad SMARTS) is 1. The molecular formula is C13H12F2INO3. The molecule has 0 aromatic heterocycles. The van der Waals surface area contributed by atoms with E-state index in [1.54, 1.807) is 22.6 Å². The lowest BCUT2D eigenvalue weighted by Crippen LogP contribution is -2.45. The first-order valence-electron chi connectivity index (χ1n) is 6.01. The van der Waals surface area contributed by atoms with Gasteiger partial charge in [0.25, 0.3) is 11.8 Å². The Morgan fingerprint density at radius 2 is 1.95 bits per heavy atom. The number of carbonyl (C=O) groups excluding carboxylic acids is 1. The summed E-state index contributed by atoms with van der Waals surface area (Å²) in [6, 6.07) is 4.29. The second kappa shape index (κ2) is 5.63. The average molecular weight is 395 g/mol. The maximum absolute atomic E-state index is 13.3. The van der Waals surface area contributed by atoms with E-state index in [-0.39, 0.29) is 34.1 Å². The van der Waals surface area contributed by atoms with Crippen LogP contribution in [0.1, 0.15) is 33.6 Å². The number of likely N-dealkylation sites (tertiary alicyclic amines) is 1. The van der Waals surface area contributed by atoms with Crippen LogP contribution in [0, 0.1) is 3.57 Å². The third-order valence-corrected chi connectivity index (χ3v) is 4.30. The molecule has 20 heavy (non-hydrogen) atoms. The third kappa shape index (κ3) is 3.08. The minimum Gasteiger partial charge on any atom is -0.478 e. The molecule has 0 unspecified atom stereocenters. The van der Waals surface area contributed by atoms with Crippen molar-refractivity contribution in [1.82, 2.24) is 4.90 Å². The molecule has 0 saturated carbocycles. The van der Waals surface area contributed by atoms with Gasteiger partial charge >= 0.3 is 5.97 Å². The molecule has 1 saturated heterocycles. The molecule has 1 aliphatic rings. The molecule has 1 aromatic rings. The minimum absolute atomic E-state index is 0.000203. The van der Waals surface area contributed by atoms with E-state index in [1.165, 1.54) is 18.2 Å². The predicted octanol–water partition coefficient (Wildman–Crippen LogP) is 2.86. The second-order valence-electron chi connectivity index (χ2n) is 4.66. The fourth-order valence-corrected chi connectivity index (χ4v) is 2.99. The van der Waals surface area contributed by atoms with E-state index in [4.69, 9.17) is 5.11 Å². The van der Waals surface area contributed by atoms with E-state index < -0.39 is 24.3 Å². The van der Waals surface area contributed by atoms with Crippen LogP contribution in [0.25, 0.3) is 0 Å². The Morgan fingerprint density at radius 3 is 2.55 bits per heavy atom. The Hall–Kier alpha value is -1.25. The number of aromatic carboxylic acids is 1. The van der Waals surface area contributed by atoms with Gasteiger partial charge in [0.2, 0.25) is 0 Å². The summed E-state index contributed by atoms with van der Waals surface area (Å²) in [5.41, 5.74) is 0.156. The van der Waals surface area contributed by atoms with Gasteiger partial charge in [-0.2, -0.15) is 0 Å². The van der Waals surface area contributed by atoms with Crippen molar-refractivity contribution in [2.45, 2.75) is 18.8 Å². The highest BCUT2D eigenvalue weighted by Gasteiger charge is 2.37. The molecule has 7 heteroatoms. The number of piperidine rings is 1. The predicted molar refractivity (Wildman–Crippen MR) is 76.2 cm³/mol. The van der Waals surface area contributed by atoms with Gasteiger partial charge < -0.3 is 10.0 Å². The van der Waals surface area contributed by atoms with Crippen LogP contribution in [0.15, 0.2) is 18.2 Å². The Kier molecular flexibility index (Phi) is 4.26. The van der Waals surface area contributed by atoms with Crippen LogP contribution in [0.5, 0.6) is 0 Å². The van der Waals surface area contributed by atoms with Crippen LogP contribution in [0.2, 0.25) is 0 Å². The van der Waals surface area contributed by atoms with Gasteiger partial charge in [-0.15, -0.1) is 0 Å². The molecule has 0 bridgehead atoms. The molecule has 1 N–H and O–H groups in total. The van der Waals surface area contributed by atoms with Crippen LogP contribution < -0.4 is 0 Å². The molecule has 1 amide bonds. The molecule has 1 fully saturated rings. The fraction of sp³-hybridized carbons (Fsp3) is 0.385. The number of hydrogen-bond donors (Lipinski definition) is 1. The lowest BCUT2D eigenvalue weighted by Gasteiger charge is -2.32. The van der Waals surface area contributed by atoms with Crippen LogP contribution >= 0.6 is 22.6 Å². The topological polar surface area (TPSA) is 57.6 Å². The largest absolute Gasteiger partial charge is 0.478 e. The quantitative estimate of drug-likeness (QED) is 0.784. The van der Waals surface area contributed by atoms with E-state index in [2.05, 4.69) is 0 Å². The number of rotatable bonds is 2. The summed E-state index contributed by atoms with van der Waals surface area (Å²) in [6.45, 7) is -0.346. The smallest absolute Gasteiger partial charge is 0.336 e. The van der Waals surface area contributed by atoms with Crippen molar-refractivity contribution in [2.75, 3.05) is 13.1 Å². The number of carboxylic acids is 1. The van der Waals surface area contributed by atoms with Crippen molar-refractivity contribution in [1.29, 1.82) is 0 Å². The first-order valence-corrected chi connectivity index (χ1v) is 7.08. The van der Waals surface area contributed by atoms with E-state index in [0.29, 0.717) is 0 Å². The zero-order valence-electron chi connectivity index (χ0n) is 10.4. The molecule has 1 aromatic carbocycles. The molecular weight excluding hydrogens is 383 g/mol. The summed E-state index contributed by atoms with van der Waals surface area (Å²) in [4.78, 5) is 24.4. The SMILES string of the molecule is O=C(O)c1cccc(C(=O)N2CCCC(F)(F)C2)c1I. The molecule has 2 rings (SSSR count). The summed E-state index contributed by atoms with van der Waals surface area (Å²) >= 11 is 1.76. The summed E-state index contributed by atoms with van der Waals surface area (Å²) in [6.07, 6.45) is 0.0248. The van der Waals surface area contributed by atoms with Crippen molar-refractivity contribution in [2.24, 2.45) is 0 Å². The first-order chi connectivity index (χ1) is 9.32. The molecule has 0 atom stereocenters. The summed E-state index contributed by atoms with van der Waals surface area (Å²) in [5, 5.41) is 9.02. The third-order valence-electron chi connectivity index (χ3n) is 3.14. The van der Waals surface area contributed by atoms with Crippen molar-refractivity contribution < 1.29 is 23.5 Å². The van der Waals surface area contributed by atoms with Gasteiger partial charge in [-0.1, -0.05) is 6.07 Å². The Bertz CT molecular complexity index is 563. The molecule has 0 spiro atoms. The van der Waals surface area contributed by atoms with E-state index in [9.17, 15) is 18.4 Å².